The van der Waals surface area contributed by atoms with Gasteiger partial charge in [-0.25, -0.2) is 4.79 Å². The highest BCUT2D eigenvalue weighted by Gasteiger charge is 2.39. The number of amides is 3. The predicted molar refractivity (Wildman–Crippen MR) is 116 cm³/mol. The van der Waals surface area contributed by atoms with Gasteiger partial charge in [-0.05, 0) is 49.4 Å². The first-order chi connectivity index (χ1) is 14.8. The molecule has 8 nitrogen and oxygen atoms in total. The standard InChI is InChI=1S/C23H28N4O4/c1-13-10-14(2)27(3)22(29)18(13)20(28)24-12-15-6-4-7-16(11-15)19-17-8-5-9-31-21(17)26-23(30)25-19/h4,6-7,10-11,17,19,21H,5,8-9,12H2,1-3H3,(H,24,28)(H2,25,26,30)/t17-,19-,21-/m0/s1. The van der Waals surface area contributed by atoms with E-state index in [0.717, 1.165) is 29.7 Å². The van der Waals surface area contributed by atoms with E-state index in [1.54, 1.807) is 14.0 Å². The van der Waals surface area contributed by atoms with Crippen LogP contribution in [0, 0.1) is 19.8 Å². The van der Waals surface area contributed by atoms with Gasteiger partial charge in [-0.3, -0.25) is 9.59 Å². The Kier molecular flexibility index (Phi) is 5.82. The molecule has 3 heterocycles. The van der Waals surface area contributed by atoms with E-state index < -0.39 is 0 Å². The summed E-state index contributed by atoms with van der Waals surface area (Å²) in [6, 6.07) is 9.25. The van der Waals surface area contributed by atoms with Gasteiger partial charge in [-0.2, -0.15) is 0 Å². The molecule has 0 saturated carbocycles. The van der Waals surface area contributed by atoms with Crippen molar-refractivity contribution in [3.8, 4) is 0 Å². The largest absolute Gasteiger partial charge is 0.358 e. The van der Waals surface area contributed by atoms with Crippen LogP contribution in [-0.4, -0.2) is 29.3 Å². The van der Waals surface area contributed by atoms with Crippen molar-refractivity contribution in [2.75, 3.05) is 6.61 Å². The first-order valence-corrected chi connectivity index (χ1v) is 10.6. The molecule has 0 radical (unpaired) electrons. The average molecular weight is 425 g/mol. The molecule has 3 atom stereocenters. The zero-order valence-electron chi connectivity index (χ0n) is 18.0. The lowest BCUT2D eigenvalue weighted by Crippen LogP contribution is -2.58. The van der Waals surface area contributed by atoms with E-state index in [0.29, 0.717) is 12.2 Å². The van der Waals surface area contributed by atoms with E-state index >= 15 is 0 Å². The number of nitrogens with zero attached hydrogens (tertiary/aromatic N) is 1. The number of pyridine rings is 1. The van der Waals surface area contributed by atoms with Crippen molar-refractivity contribution >= 4 is 11.9 Å². The molecule has 8 heteroatoms. The van der Waals surface area contributed by atoms with Crippen molar-refractivity contribution < 1.29 is 14.3 Å². The van der Waals surface area contributed by atoms with Crippen LogP contribution in [0.4, 0.5) is 4.79 Å². The van der Waals surface area contributed by atoms with Gasteiger partial charge in [0.25, 0.3) is 11.5 Å². The smallest absolute Gasteiger partial charge is 0.317 e. The lowest BCUT2D eigenvalue weighted by atomic mass is 9.84. The molecule has 2 aromatic rings. The first kappa shape index (κ1) is 21.1. The van der Waals surface area contributed by atoms with Crippen LogP contribution in [0.3, 0.4) is 0 Å². The molecule has 164 valence electrons. The van der Waals surface area contributed by atoms with Crippen molar-refractivity contribution in [3.63, 3.8) is 0 Å². The minimum absolute atomic E-state index is 0.148. The predicted octanol–water partition coefficient (Wildman–Crippen LogP) is 2.04. The second-order valence-corrected chi connectivity index (χ2v) is 8.33. The number of urea groups is 1. The molecule has 0 unspecified atom stereocenters. The van der Waals surface area contributed by atoms with Gasteiger partial charge in [0.05, 0.1) is 6.04 Å². The molecule has 2 fully saturated rings. The number of aromatic nitrogens is 1. The summed E-state index contributed by atoms with van der Waals surface area (Å²) in [6.07, 6.45) is 1.63. The van der Waals surface area contributed by atoms with Gasteiger partial charge in [0.2, 0.25) is 0 Å². The Morgan fingerprint density at radius 1 is 1.23 bits per heavy atom. The highest BCUT2D eigenvalue weighted by molar-refractivity contribution is 5.95. The van der Waals surface area contributed by atoms with Gasteiger partial charge < -0.3 is 25.3 Å². The Morgan fingerprint density at radius 3 is 2.84 bits per heavy atom. The number of ether oxygens (including phenoxy) is 1. The van der Waals surface area contributed by atoms with Crippen LogP contribution in [0.25, 0.3) is 0 Å². The SMILES string of the molecule is Cc1cc(C)n(C)c(=O)c1C(=O)NCc1cccc([C@@H]2NC(=O)N[C@H]3OCCC[C@H]32)c1. The number of nitrogens with one attached hydrogen (secondary N) is 3. The molecule has 2 saturated heterocycles. The summed E-state index contributed by atoms with van der Waals surface area (Å²) in [7, 11) is 1.66. The normalized spacial score (nSPS) is 22.8. The molecule has 0 bridgehead atoms. The van der Waals surface area contributed by atoms with Crippen LogP contribution >= 0.6 is 0 Å². The third kappa shape index (κ3) is 4.20. The van der Waals surface area contributed by atoms with Crippen LogP contribution < -0.4 is 21.5 Å². The number of rotatable bonds is 4. The zero-order chi connectivity index (χ0) is 22.1. The Balaban J connectivity index is 1.51. The number of carbonyl (C=O) groups is 2. The first-order valence-electron chi connectivity index (χ1n) is 10.6. The van der Waals surface area contributed by atoms with Crippen LogP contribution in [0.5, 0.6) is 0 Å². The Bertz CT molecular complexity index is 1080. The van der Waals surface area contributed by atoms with E-state index in [-0.39, 0.29) is 47.8 Å². The van der Waals surface area contributed by atoms with E-state index in [1.807, 2.05) is 37.3 Å². The second kappa shape index (κ2) is 8.55. The highest BCUT2D eigenvalue weighted by Crippen LogP contribution is 2.34. The van der Waals surface area contributed by atoms with Gasteiger partial charge >= 0.3 is 6.03 Å². The lowest BCUT2D eigenvalue weighted by molar-refractivity contribution is -0.0602. The monoisotopic (exact) mass is 424 g/mol. The van der Waals surface area contributed by atoms with Crippen molar-refractivity contribution in [2.24, 2.45) is 13.0 Å². The fourth-order valence-electron chi connectivity index (χ4n) is 4.47. The molecule has 4 rings (SSSR count). The summed E-state index contributed by atoms with van der Waals surface area (Å²) in [4.78, 5) is 37.3. The van der Waals surface area contributed by atoms with Crippen LogP contribution in [0.15, 0.2) is 35.1 Å². The molecular weight excluding hydrogens is 396 g/mol. The Hall–Kier alpha value is -3.13. The molecule has 2 aliphatic heterocycles. The fraction of sp³-hybridized carbons (Fsp3) is 0.435. The summed E-state index contributed by atoms with van der Waals surface area (Å²) in [5.41, 5.74) is 3.20. The number of fused-ring (bicyclic) bond motifs is 1. The van der Waals surface area contributed by atoms with Crippen molar-refractivity contribution in [2.45, 2.75) is 45.5 Å². The van der Waals surface area contributed by atoms with Crippen molar-refractivity contribution in [3.05, 3.63) is 68.6 Å². The molecular formula is C23H28N4O4. The topological polar surface area (TPSA) is 101 Å². The molecule has 3 N–H and O–H groups in total. The van der Waals surface area contributed by atoms with E-state index in [2.05, 4.69) is 16.0 Å². The summed E-state index contributed by atoms with van der Waals surface area (Å²) in [5.74, 6) is -0.242. The molecule has 1 aromatic carbocycles. The van der Waals surface area contributed by atoms with Crippen LogP contribution in [0.1, 0.15) is 51.6 Å². The van der Waals surface area contributed by atoms with Gasteiger partial charge in [0.1, 0.15) is 11.8 Å². The number of carbonyl (C=O) groups excluding carboxylic acids is 2. The van der Waals surface area contributed by atoms with Crippen molar-refractivity contribution in [1.29, 1.82) is 0 Å². The van der Waals surface area contributed by atoms with Gasteiger partial charge in [0.15, 0.2) is 0 Å². The molecule has 0 spiro atoms. The number of aryl methyl sites for hydroxylation is 2. The van der Waals surface area contributed by atoms with E-state index in [4.69, 9.17) is 4.74 Å². The minimum Gasteiger partial charge on any atom is -0.358 e. The van der Waals surface area contributed by atoms with Crippen molar-refractivity contribution in [1.82, 2.24) is 20.5 Å². The average Bonchev–Trinajstić information content (AvgIpc) is 2.75. The summed E-state index contributed by atoms with van der Waals surface area (Å²) < 4.78 is 7.22. The van der Waals surface area contributed by atoms with Gasteiger partial charge in [-0.15, -0.1) is 0 Å². The summed E-state index contributed by atoms with van der Waals surface area (Å²) in [5, 5.41) is 8.73. The van der Waals surface area contributed by atoms with E-state index in [9.17, 15) is 14.4 Å². The molecule has 31 heavy (non-hydrogen) atoms. The molecule has 0 aliphatic carbocycles. The maximum Gasteiger partial charge on any atom is 0.317 e. The zero-order valence-corrected chi connectivity index (χ0v) is 18.0. The van der Waals surface area contributed by atoms with Crippen LogP contribution in [-0.2, 0) is 18.3 Å². The maximum atomic E-state index is 12.7. The fourth-order valence-corrected chi connectivity index (χ4v) is 4.47. The maximum absolute atomic E-state index is 12.7. The molecule has 3 amide bonds. The third-order valence-electron chi connectivity index (χ3n) is 6.21. The number of hydrogen-bond donors (Lipinski definition) is 3. The van der Waals surface area contributed by atoms with Crippen LogP contribution in [0.2, 0.25) is 0 Å². The Labute approximate surface area is 181 Å². The summed E-state index contributed by atoms with van der Waals surface area (Å²) in [6.45, 7) is 4.54. The second-order valence-electron chi connectivity index (χ2n) is 8.33. The molecule has 2 aliphatic rings. The quantitative estimate of drug-likeness (QED) is 0.699. The number of benzene rings is 1. The lowest BCUT2D eigenvalue weighted by Gasteiger charge is -2.42. The van der Waals surface area contributed by atoms with Gasteiger partial charge in [0, 0.05) is 31.8 Å². The summed E-state index contributed by atoms with van der Waals surface area (Å²) >= 11 is 0. The minimum atomic E-state index is -0.389. The highest BCUT2D eigenvalue weighted by atomic mass is 16.5. The Morgan fingerprint density at radius 2 is 2.03 bits per heavy atom. The van der Waals surface area contributed by atoms with Gasteiger partial charge in [-0.1, -0.05) is 24.3 Å². The molecule has 1 aromatic heterocycles. The third-order valence-corrected chi connectivity index (χ3v) is 6.21. The number of hydrogen-bond acceptors (Lipinski definition) is 4. The van der Waals surface area contributed by atoms with E-state index in [1.165, 1.54) is 4.57 Å².